The number of aromatic nitrogens is 5. The molecule has 0 radical (unpaired) electrons. The molecule has 4 aromatic rings. The van der Waals surface area contributed by atoms with Crippen LogP contribution in [0.15, 0.2) is 61.2 Å². The minimum Gasteiger partial charge on any atom is -0.381 e. The molecule has 0 fully saturated rings. The third-order valence-corrected chi connectivity index (χ3v) is 4.74. The van der Waals surface area contributed by atoms with E-state index in [-0.39, 0.29) is 18.7 Å². The Hall–Kier alpha value is -3.39. The average molecular weight is 395 g/mol. The highest BCUT2D eigenvalue weighted by molar-refractivity contribution is 5.77. The number of nitrogens with zero attached hydrogens (tertiary/aromatic N) is 5. The van der Waals surface area contributed by atoms with Gasteiger partial charge in [0, 0.05) is 11.6 Å². The molecule has 0 aliphatic rings. The van der Waals surface area contributed by atoms with Crippen LogP contribution in [-0.2, 0) is 18.7 Å². The number of aliphatic hydroxyl groups is 1. The van der Waals surface area contributed by atoms with Gasteiger partial charge in [-0.1, -0.05) is 24.3 Å². The number of imidazole rings is 1. The van der Waals surface area contributed by atoms with Gasteiger partial charge < -0.3 is 9.67 Å². The second-order valence-electron chi connectivity index (χ2n) is 6.79. The molecule has 8 heteroatoms. The maximum Gasteiger partial charge on any atom is 0.137 e. The van der Waals surface area contributed by atoms with E-state index in [1.165, 1.54) is 23.4 Å². The molecule has 0 aliphatic carbocycles. The predicted octanol–water partition coefficient (Wildman–Crippen LogP) is 3.53. The van der Waals surface area contributed by atoms with Gasteiger partial charge in [0.2, 0.25) is 0 Å². The van der Waals surface area contributed by atoms with Crippen LogP contribution in [0.1, 0.15) is 18.3 Å². The molecular weight excluding hydrogens is 376 g/mol. The van der Waals surface area contributed by atoms with Gasteiger partial charge in [0.05, 0.1) is 24.1 Å². The number of allylic oxidation sites excluding steroid dienone is 1. The fourth-order valence-electron chi connectivity index (χ4n) is 3.47. The molecule has 1 atom stereocenters. The summed E-state index contributed by atoms with van der Waals surface area (Å²) in [4.78, 5) is 8.48. The zero-order chi connectivity index (χ0) is 20.4. The van der Waals surface area contributed by atoms with Crippen LogP contribution in [0.3, 0.4) is 0 Å². The summed E-state index contributed by atoms with van der Waals surface area (Å²) in [5, 5.41) is 15.7. The highest BCUT2D eigenvalue weighted by Crippen LogP contribution is 2.31. The van der Waals surface area contributed by atoms with Crippen molar-refractivity contribution in [1.82, 2.24) is 24.3 Å². The number of benzene rings is 2. The van der Waals surface area contributed by atoms with E-state index in [0.717, 1.165) is 23.2 Å². The standard InChI is InChI=1S/C21H19F2N5O/c1-2-5-20-26-18-6-3-4-7-19(18)28(20)12-21(29,11-27-14-24-13-25-27)16-9-8-15(22)10-17(16)23/h2-10,13-14,29H,11-12H2,1H3/b5-2+. The molecule has 2 aromatic heterocycles. The summed E-state index contributed by atoms with van der Waals surface area (Å²) < 4.78 is 31.4. The van der Waals surface area contributed by atoms with Crippen molar-refractivity contribution in [3.8, 4) is 0 Å². The first-order chi connectivity index (χ1) is 14.0. The van der Waals surface area contributed by atoms with Crippen LogP contribution in [0.5, 0.6) is 0 Å². The number of para-hydroxylation sites is 2. The summed E-state index contributed by atoms with van der Waals surface area (Å²) >= 11 is 0. The van der Waals surface area contributed by atoms with Crippen molar-refractivity contribution >= 4 is 17.1 Å². The third-order valence-electron chi connectivity index (χ3n) is 4.74. The van der Waals surface area contributed by atoms with Gasteiger partial charge in [-0.05, 0) is 31.2 Å². The lowest BCUT2D eigenvalue weighted by atomic mass is 9.92. The van der Waals surface area contributed by atoms with Crippen LogP contribution in [0.4, 0.5) is 8.78 Å². The molecule has 0 saturated carbocycles. The third kappa shape index (κ3) is 3.66. The Morgan fingerprint density at radius 1 is 1.14 bits per heavy atom. The SMILES string of the molecule is C/C=C/c1nc2ccccc2n1CC(O)(Cn1cncn1)c1ccc(F)cc1F. The molecule has 4 rings (SSSR count). The molecular formula is C21H19F2N5O. The van der Waals surface area contributed by atoms with Gasteiger partial charge in [-0.2, -0.15) is 5.10 Å². The summed E-state index contributed by atoms with van der Waals surface area (Å²) in [6, 6.07) is 10.6. The van der Waals surface area contributed by atoms with Gasteiger partial charge in [-0.25, -0.2) is 23.4 Å². The first-order valence-electron chi connectivity index (χ1n) is 9.08. The van der Waals surface area contributed by atoms with Gasteiger partial charge >= 0.3 is 0 Å². The van der Waals surface area contributed by atoms with Gasteiger partial charge in [0.1, 0.15) is 35.7 Å². The summed E-state index contributed by atoms with van der Waals surface area (Å²) in [6.07, 6.45) is 6.42. The number of hydrogen-bond donors (Lipinski definition) is 1. The van der Waals surface area contributed by atoms with Crippen LogP contribution < -0.4 is 0 Å². The second-order valence-corrected chi connectivity index (χ2v) is 6.79. The lowest BCUT2D eigenvalue weighted by Crippen LogP contribution is -2.37. The monoisotopic (exact) mass is 395 g/mol. The molecule has 0 amide bonds. The molecule has 6 nitrogen and oxygen atoms in total. The topological polar surface area (TPSA) is 68.8 Å². The predicted molar refractivity (Wildman–Crippen MR) is 105 cm³/mol. The quantitative estimate of drug-likeness (QED) is 0.542. The Labute approximate surface area is 165 Å². The second kappa shape index (κ2) is 7.56. The number of halogens is 2. The highest BCUT2D eigenvalue weighted by atomic mass is 19.1. The molecule has 0 bridgehead atoms. The fraction of sp³-hybridized carbons (Fsp3) is 0.190. The summed E-state index contributed by atoms with van der Waals surface area (Å²) in [5.74, 6) is -0.921. The van der Waals surface area contributed by atoms with E-state index in [2.05, 4.69) is 15.1 Å². The Balaban J connectivity index is 1.86. The van der Waals surface area contributed by atoms with Crippen LogP contribution in [0.25, 0.3) is 17.1 Å². The molecule has 1 unspecified atom stereocenters. The number of rotatable bonds is 6. The maximum atomic E-state index is 14.7. The highest BCUT2D eigenvalue weighted by Gasteiger charge is 2.35. The Kier molecular flexibility index (Phi) is 4.94. The molecule has 2 aromatic carbocycles. The van der Waals surface area contributed by atoms with Gasteiger partial charge in [-0.15, -0.1) is 0 Å². The summed E-state index contributed by atoms with van der Waals surface area (Å²) in [5.41, 5.74) is -0.215. The fourth-order valence-corrected chi connectivity index (χ4v) is 3.47. The first-order valence-corrected chi connectivity index (χ1v) is 9.08. The van der Waals surface area contributed by atoms with Gasteiger partial charge in [0.15, 0.2) is 0 Å². The van der Waals surface area contributed by atoms with E-state index in [1.807, 2.05) is 47.9 Å². The zero-order valence-corrected chi connectivity index (χ0v) is 15.7. The van der Waals surface area contributed by atoms with Crippen molar-refractivity contribution in [3.05, 3.63) is 84.2 Å². The lowest BCUT2D eigenvalue weighted by molar-refractivity contribution is -0.00464. The number of fused-ring (bicyclic) bond motifs is 1. The molecule has 0 spiro atoms. The van der Waals surface area contributed by atoms with E-state index in [1.54, 1.807) is 0 Å². The number of hydrogen-bond acceptors (Lipinski definition) is 4. The lowest BCUT2D eigenvalue weighted by Gasteiger charge is -2.30. The van der Waals surface area contributed by atoms with Crippen LogP contribution >= 0.6 is 0 Å². The normalized spacial score (nSPS) is 13.9. The van der Waals surface area contributed by atoms with E-state index < -0.39 is 17.2 Å². The van der Waals surface area contributed by atoms with Crippen molar-refractivity contribution in [2.75, 3.05) is 0 Å². The van der Waals surface area contributed by atoms with E-state index in [0.29, 0.717) is 5.82 Å². The van der Waals surface area contributed by atoms with E-state index >= 15 is 0 Å². The van der Waals surface area contributed by atoms with Crippen LogP contribution in [-0.4, -0.2) is 29.4 Å². The molecule has 1 N–H and O–H groups in total. The zero-order valence-electron chi connectivity index (χ0n) is 15.7. The van der Waals surface area contributed by atoms with E-state index in [9.17, 15) is 13.9 Å². The molecule has 29 heavy (non-hydrogen) atoms. The Morgan fingerprint density at radius 2 is 1.97 bits per heavy atom. The van der Waals surface area contributed by atoms with Crippen LogP contribution in [0, 0.1) is 11.6 Å². The minimum absolute atomic E-state index is 0.0183. The van der Waals surface area contributed by atoms with Crippen molar-refractivity contribution in [3.63, 3.8) is 0 Å². The minimum atomic E-state index is -1.73. The summed E-state index contributed by atoms with van der Waals surface area (Å²) in [6.45, 7) is 1.78. The largest absolute Gasteiger partial charge is 0.381 e. The Bertz CT molecular complexity index is 1170. The van der Waals surface area contributed by atoms with E-state index in [4.69, 9.17) is 0 Å². The molecule has 2 heterocycles. The molecule has 0 saturated heterocycles. The molecule has 148 valence electrons. The van der Waals surface area contributed by atoms with Gasteiger partial charge in [0.25, 0.3) is 0 Å². The van der Waals surface area contributed by atoms with Crippen molar-refractivity contribution in [2.45, 2.75) is 25.6 Å². The summed E-state index contributed by atoms with van der Waals surface area (Å²) in [7, 11) is 0. The van der Waals surface area contributed by atoms with Crippen molar-refractivity contribution in [1.29, 1.82) is 0 Å². The van der Waals surface area contributed by atoms with Gasteiger partial charge in [-0.3, -0.25) is 0 Å². The van der Waals surface area contributed by atoms with Crippen molar-refractivity contribution < 1.29 is 13.9 Å². The van der Waals surface area contributed by atoms with Crippen LogP contribution in [0.2, 0.25) is 0 Å². The first kappa shape index (κ1) is 18.9. The Morgan fingerprint density at radius 3 is 2.69 bits per heavy atom. The smallest absolute Gasteiger partial charge is 0.137 e. The molecule has 0 aliphatic heterocycles. The van der Waals surface area contributed by atoms with Crippen molar-refractivity contribution in [2.24, 2.45) is 0 Å². The maximum absolute atomic E-state index is 14.7. The average Bonchev–Trinajstić information content (AvgIpc) is 3.30.